The Bertz CT molecular complexity index is 968. The van der Waals surface area contributed by atoms with E-state index in [1.807, 2.05) is 30.3 Å². The number of carbonyl (C=O) groups is 2. The summed E-state index contributed by atoms with van der Waals surface area (Å²) >= 11 is 0. The van der Waals surface area contributed by atoms with Crippen LogP contribution in [0.5, 0.6) is 5.75 Å². The fourth-order valence-corrected chi connectivity index (χ4v) is 2.77. The molecule has 7 nitrogen and oxygen atoms in total. The van der Waals surface area contributed by atoms with Crippen LogP contribution in [0.15, 0.2) is 65.2 Å². The Balaban J connectivity index is 1.49. The van der Waals surface area contributed by atoms with Gasteiger partial charge >= 0.3 is 5.97 Å². The Morgan fingerprint density at radius 3 is 2.59 bits per heavy atom. The lowest BCUT2D eigenvalue weighted by Gasteiger charge is -2.13. The van der Waals surface area contributed by atoms with E-state index in [4.69, 9.17) is 14.0 Å². The quantitative estimate of drug-likeness (QED) is 0.587. The largest absolute Gasteiger partial charge is 0.496 e. The van der Waals surface area contributed by atoms with Crippen LogP contribution in [0.3, 0.4) is 0 Å². The highest BCUT2D eigenvalue weighted by Gasteiger charge is 2.16. The standard InChI is InChI=1S/C22H22N2O5/c1-15(23-22(26)16-8-4-3-5-9-16)12-21(25)28-14-17-13-19(24-29-17)18-10-6-7-11-20(18)27-2/h3-11,13,15H,12,14H2,1-2H3,(H,23,26)/t15-/m1/s1. The Labute approximate surface area is 168 Å². The zero-order valence-electron chi connectivity index (χ0n) is 16.3. The van der Waals surface area contributed by atoms with Crippen molar-refractivity contribution in [2.24, 2.45) is 0 Å². The Kier molecular flexibility index (Phi) is 6.63. The van der Waals surface area contributed by atoms with E-state index in [9.17, 15) is 9.59 Å². The van der Waals surface area contributed by atoms with Crippen molar-refractivity contribution in [3.63, 3.8) is 0 Å². The third kappa shape index (κ3) is 5.44. The molecule has 3 rings (SSSR count). The van der Waals surface area contributed by atoms with Crippen LogP contribution >= 0.6 is 0 Å². The first kappa shape index (κ1) is 20.1. The van der Waals surface area contributed by atoms with Gasteiger partial charge < -0.3 is 19.3 Å². The van der Waals surface area contributed by atoms with Gasteiger partial charge in [-0.15, -0.1) is 0 Å². The molecular weight excluding hydrogens is 372 g/mol. The molecule has 0 spiro atoms. The van der Waals surface area contributed by atoms with Crippen LogP contribution in [0.1, 0.15) is 29.5 Å². The maximum atomic E-state index is 12.1. The van der Waals surface area contributed by atoms with Gasteiger partial charge in [-0.25, -0.2) is 0 Å². The molecule has 1 aromatic heterocycles. The Morgan fingerprint density at radius 2 is 1.83 bits per heavy atom. The number of nitrogens with zero attached hydrogens (tertiary/aromatic N) is 1. The minimum Gasteiger partial charge on any atom is -0.496 e. The van der Waals surface area contributed by atoms with Crippen molar-refractivity contribution in [3.05, 3.63) is 72.0 Å². The lowest BCUT2D eigenvalue weighted by Crippen LogP contribution is -2.34. The second-order valence-corrected chi connectivity index (χ2v) is 6.48. The Hall–Kier alpha value is -3.61. The third-order valence-electron chi connectivity index (χ3n) is 4.20. The van der Waals surface area contributed by atoms with E-state index in [0.717, 1.165) is 5.56 Å². The molecule has 1 atom stereocenters. The number of esters is 1. The topological polar surface area (TPSA) is 90.7 Å². The number of hydrogen-bond acceptors (Lipinski definition) is 6. The first-order valence-electron chi connectivity index (χ1n) is 9.17. The van der Waals surface area contributed by atoms with Crippen molar-refractivity contribution in [1.29, 1.82) is 0 Å². The van der Waals surface area contributed by atoms with E-state index < -0.39 is 5.97 Å². The molecular formula is C22H22N2O5. The smallest absolute Gasteiger partial charge is 0.308 e. The third-order valence-corrected chi connectivity index (χ3v) is 4.20. The lowest BCUT2D eigenvalue weighted by molar-refractivity contribution is -0.146. The van der Waals surface area contributed by atoms with Gasteiger partial charge in [-0.1, -0.05) is 35.5 Å². The van der Waals surface area contributed by atoms with Crippen LogP contribution in [-0.4, -0.2) is 30.2 Å². The van der Waals surface area contributed by atoms with E-state index in [0.29, 0.717) is 22.8 Å². The maximum absolute atomic E-state index is 12.1. The van der Waals surface area contributed by atoms with Gasteiger partial charge in [0.2, 0.25) is 0 Å². The summed E-state index contributed by atoms with van der Waals surface area (Å²) in [5.74, 6) is 0.413. The average molecular weight is 394 g/mol. The summed E-state index contributed by atoms with van der Waals surface area (Å²) in [6.07, 6.45) is 0.0477. The molecule has 1 N–H and O–H groups in total. The first-order chi connectivity index (χ1) is 14.1. The summed E-state index contributed by atoms with van der Waals surface area (Å²) in [6, 6.07) is 17.6. The van der Waals surface area contributed by atoms with Crippen molar-refractivity contribution < 1.29 is 23.6 Å². The van der Waals surface area contributed by atoms with Crippen molar-refractivity contribution >= 4 is 11.9 Å². The summed E-state index contributed by atoms with van der Waals surface area (Å²) < 4.78 is 15.8. The van der Waals surface area contributed by atoms with Gasteiger partial charge in [-0.2, -0.15) is 0 Å². The molecule has 150 valence electrons. The number of carbonyl (C=O) groups excluding carboxylic acids is 2. The van der Waals surface area contributed by atoms with Crippen LogP contribution in [0.4, 0.5) is 0 Å². The fraction of sp³-hybridized carbons (Fsp3) is 0.227. The minimum atomic E-state index is -0.443. The van der Waals surface area contributed by atoms with Gasteiger partial charge in [0.15, 0.2) is 12.4 Å². The first-order valence-corrected chi connectivity index (χ1v) is 9.17. The molecule has 0 aliphatic heterocycles. The number of amides is 1. The lowest BCUT2D eigenvalue weighted by atomic mass is 10.1. The van der Waals surface area contributed by atoms with Crippen LogP contribution in [0, 0.1) is 0 Å². The number of para-hydroxylation sites is 1. The summed E-state index contributed by atoms with van der Waals surface area (Å²) in [6.45, 7) is 1.71. The highest BCUT2D eigenvalue weighted by atomic mass is 16.5. The zero-order valence-corrected chi connectivity index (χ0v) is 16.3. The van der Waals surface area contributed by atoms with Crippen molar-refractivity contribution in [3.8, 4) is 17.0 Å². The molecule has 29 heavy (non-hydrogen) atoms. The summed E-state index contributed by atoms with van der Waals surface area (Å²) in [7, 11) is 1.58. The number of ether oxygens (including phenoxy) is 2. The number of methoxy groups -OCH3 is 1. The van der Waals surface area contributed by atoms with Crippen LogP contribution in [0.2, 0.25) is 0 Å². The zero-order chi connectivity index (χ0) is 20.6. The predicted molar refractivity (Wildman–Crippen MR) is 106 cm³/mol. The fourth-order valence-electron chi connectivity index (χ4n) is 2.77. The summed E-state index contributed by atoms with van der Waals surface area (Å²) in [4.78, 5) is 24.2. The maximum Gasteiger partial charge on any atom is 0.308 e. The molecule has 0 bridgehead atoms. The van der Waals surface area contributed by atoms with E-state index in [2.05, 4.69) is 10.5 Å². The van der Waals surface area contributed by atoms with E-state index in [1.165, 1.54) is 0 Å². The molecule has 3 aromatic rings. The highest BCUT2D eigenvalue weighted by molar-refractivity contribution is 5.94. The van der Waals surface area contributed by atoms with Crippen molar-refractivity contribution in [2.45, 2.75) is 26.0 Å². The Morgan fingerprint density at radius 1 is 1.10 bits per heavy atom. The summed E-state index contributed by atoms with van der Waals surface area (Å²) in [5.41, 5.74) is 1.92. The van der Waals surface area contributed by atoms with Gasteiger partial charge in [-0.3, -0.25) is 9.59 Å². The van der Waals surface area contributed by atoms with Gasteiger partial charge in [0.1, 0.15) is 11.4 Å². The molecule has 0 radical (unpaired) electrons. The van der Waals surface area contributed by atoms with Crippen LogP contribution in [-0.2, 0) is 16.1 Å². The van der Waals surface area contributed by atoms with E-state index in [-0.39, 0.29) is 25.0 Å². The predicted octanol–water partition coefficient (Wildman–Crippen LogP) is 3.60. The SMILES string of the molecule is COc1ccccc1-c1cc(COC(=O)C[C@@H](C)NC(=O)c2ccccc2)on1. The molecule has 0 aliphatic carbocycles. The van der Waals surface area contributed by atoms with Crippen molar-refractivity contribution in [2.75, 3.05) is 7.11 Å². The minimum absolute atomic E-state index is 0.0413. The van der Waals surface area contributed by atoms with E-state index >= 15 is 0 Å². The molecule has 2 aromatic carbocycles. The summed E-state index contributed by atoms with van der Waals surface area (Å²) in [5, 5.41) is 6.78. The number of nitrogens with one attached hydrogen (secondary N) is 1. The number of aromatic nitrogens is 1. The van der Waals surface area contributed by atoms with Crippen LogP contribution < -0.4 is 10.1 Å². The molecule has 1 heterocycles. The molecule has 0 fully saturated rings. The van der Waals surface area contributed by atoms with Gasteiger partial charge in [0.05, 0.1) is 13.5 Å². The van der Waals surface area contributed by atoms with E-state index in [1.54, 1.807) is 44.4 Å². The number of hydrogen-bond donors (Lipinski definition) is 1. The average Bonchev–Trinajstić information content (AvgIpc) is 3.21. The molecule has 1 amide bonds. The monoisotopic (exact) mass is 394 g/mol. The number of benzene rings is 2. The molecule has 0 saturated carbocycles. The number of rotatable bonds is 8. The molecule has 0 saturated heterocycles. The van der Waals surface area contributed by atoms with Gasteiger partial charge in [-0.05, 0) is 31.2 Å². The highest BCUT2D eigenvalue weighted by Crippen LogP contribution is 2.29. The molecule has 0 aliphatic rings. The molecule has 0 unspecified atom stereocenters. The van der Waals surface area contributed by atoms with Crippen molar-refractivity contribution in [1.82, 2.24) is 10.5 Å². The van der Waals surface area contributed by atoms with Gasteiger partial charge in [0.25, 0.3) is 5.91 Å². The normalized spacial score (nSPS) is 11.5. The molecule has 7 heteroatoms. The van der Waals surface area contributed by atoms with Gasteiger partial charge in [0, 0.05) is 23.2 Å². The second-order valence-electron chi connectivity index (χ2n) is 6.48. The van der Waals surface area contributed by atoms with Crippen LogP contribution in [0.25, 0.3) is 11.3 Å². The second kappa shape index (κ2) is 9.54.